The Morgan fingerprint density at radius 3 is 1.90 bits per heavy atom. The van der Waals surface area contributed by atoms with E-state index in [1.807, 2.05) is 30.3 Å². The number of para-hydroxylation sites is 1. The summed E-state index contributed by atoms with van der Waals surface area (Å²) in [6.45, 7) is 1.13. The van der Waals surface area contributed by atoms with E-state index in [4.69, 9.17) is 9.47 Å². The van der Waals surface area contributed by atoms with E-state index in [1.165, 1.54) is 31.2 Å². The van der Waals surface area contributed by atoms with Crippen LogP contribution in [0.3, 0.4) is 0 Å². The number of hydrogen-bond acceptors (Lipinski definition) is 2. The minimum Gasteiger partial charge on any atom is -0.490 e. The molecule has 0 saturated heterocycles. The first kappa shape index (κ1) is 14.0. The van der Waals surface area contributed by atoms with Crippen LogP contribution in [0.25, 0.3) is 0 Å². The summed E-state index contributed by atoms with van der Waals surface area (Å²) in [5, 5.41) is 0. The molecule has 0 aromatic heterocycles. The summed E-state index contributed by atoms with van der Waals surface area (Å²) in [6.07, 6.45) is 5.43. The molecule has 110 valence electrons. The van der Waals surface area contributed by atoms with E-state index in [-0.39, 0.29) is 0 Å². The zero-order chi connectivity index (χ0) is 14.3. The lowest BCUT2D eigenvalue weighted by Gasteiger charge is -2.11. The predicted octanol–water partition coefficient (Wildman–Crippen LogP) is 4.80. The Kier molecular flexibility index (Phi) is 4.78. The van der Waals surface area contributed by atoms with Crippen LogP contribution in [0.15, 0.2) is 54.6 Å². The van der Waals surface area contributed by atoms with E-state index in [0.29, 0.717) is 13.2 Å². The number of benzene rings is 2. The molecule has 2 aromatic carbocycles. The third kappa shape index (κ3) is 4.01. The zero-order valence-corrected chi connectivity index (χ0v) is 12.3. The van der Waals surface area contributed by atoms with E-state index in [2.05, 4.69) is 24.3 Å². The van der Waals surface area contributed by atoms with E-state index < -0.39 is 0 Å². The second-order valence-corrected chi connectivity index (χ2v) is 5.56. The lowest BCUT2D eigenvalue weighted by atomic mass is 9.98. The first-order valence-corrected chi connectivity index (χ1v) is 7.82. The molecule has 0 amide bonds. The van der Waals surface area contributed by atoms with Crippen LogP contribution < -0.4 is 9.47 Å². The number of ether oxygens (including phenoxy) is 2. The van der Waals surface area contributed by atoms with Gasteiger partial charge in [-0.05, 0) is 48.6 Å². The minimum absolute atomic E-state index is 0.564. The number of rotatable bonds is 6. The third-order valence-corrected chi connectivity index (χ3v) is 4.07. The smallest absolute Gasteiger partial charge is 0.122 e. The molecular weight excluding hydrogens is 260 g/mol. The van der Waals surface area contributed by atoms with Gasteiger partial charge in [0.05, 0.1) is 0 Å². The highest BCUT2D eigenvalue weighted by Gasteiger charge is 2.16. The van der Waals surface area contributed by atoms with Crippen molar-refractivity contribution in [2.24, 2.45) is 0 Å². The monoisotopic (exact) mass is 282 g/mol. The molecule has 1 fully saturated rings. The fourth-order valence-corrected chi connectivity index (χ4v) is 2.93. The van der Waals surface area contributed by atoms with Gasteiger partial charge in [-0.2, -0.15) is 0 Å². The van der Waals surface area contributed by atoms with Crippen molar-refractivity contribution in [3.05, 3.63) is 60.2 Å². The maximum absolute atomic E-state index is 5.72. The van der Waals surface area contributed by atoms with Crippen molar-refractivity contribution in [3.63, 3.8) is 0 Å². The fraction of sp³-hybridized carbons (Fsp3) is 0.368. The van der Waals surface area contributed by atoms with Crippen molar-refractivity contribution in [2.45, 2.75) is 31.6 Å². The van der Waals surface area contributed by atoms with Crippen molar-refractivity contribution in [1.29, 1.82) is 0 Å². The zero-order valence-electron chi connectivity index (χ0n) is 12.3. The third-order valence-electron chi connectivity index (χ3n) is 4.07. The fourth-order valence-electron chi connectivity index (χ4n) is 2.93. The summed E-state index contributed by atoms with van der Waals surface area (Å²) >= 11 is 0. The van der Waals surface area contributed by atoms with Gasteiger partial charge < -0.3 is 9.47 Å². The summed E-state index contributed by atoms with van der Waals surface area (Å²) in [5.74, 6) is 2.58. The van der Waals surface area contributed by atoms with Crippen LogP contribution in [0.2, 0.25) is 0 Å². The van der Waals surface area contributed by atoms with Crippen molar-refractivity contribution in [2.75, 3.05) is 13.2 Å². The van der Waals surface area contributed by atoms with Crippen molar-refractivity contribution < 1.29 is 9.47 Å². The van der Waals surface area contributed by atoms with E-state index in [1.54, 1.807) is 0 Å². The largest absolute Gasteiger partial charge is 0.490 e. The molecule has 0 radical (unpaired) electrons. The molecule has 0 N–H and O–H groups in total. The standard InChI is InChI=1S/C19H22O2/c1-2-8-18(9-3-1)20-14-15-21-19-12-10-17(11-13-19)16-6-4-5-7-16/h1-3,8-13,16H,4-7,14-15H2. The normalized spacial score (nSPS) is 15.0. The molecular formula is C19H22O2. The quantitative estimate of drug-likeness (QED) is 0.708. The van der Waals surface area contributed by atoms with Crippen LogP contribution in [0.4, 0.5) is 0 Å². The maximum Gasteiger partial charge on any atom is 0.122 e. The summed E-state index contributed by atoms with van der Waals surface area (Å²) in [7, 11) is 0. The number of hydrogen-bond donors (Lipinski definition) is 0. The van der Waals surface area contributed by atoms with Gasteiger partial charge in [0.2, 0.25) is 0 Å². The molecule has 1 aliphatic carbocycles. The van der Waals surface area contributed by atoms with Crippen LogP contribution >= 0.6 is 0 Å². The van der Waals surface area contributed by atoms with Crippen LogP contribution in [0, 0.1) is 0 Å². The van der Waals surface area contributed by atoms with Crippen molar-refractivity contribution in [3.8, 4) is 11.5 Å². The summed E-state index contributed by atoms with van der Waals surface area (Å²) in [6, 6.07) is 18.4. The summed E-state index contributed by atoms with van der Waals surface area (Å²) < 4.78 is 11.3. The highest BCUT2D eigenvalue weighted by molar-refractivity contribution is 5.30. The Morgan fingerprint density at radius 2 is 1.29 bits per heavy atom. The first-order chi connectivity index (χ1) is 10.4. The highest BCUT2D eigenvalue weighted by atomic mass is 16.5. The molecule has 3 rings (SSSR count). The second-order valence-electron chi connectivity index (χ2n) is 5.56. The predicted molar refractivity (Wildman–Crippen MR) is 85.1 cm³/mol. The molecule has 1 aliphatic rings. The highest BCUT2D eigenvalue weighted by Crippen LogP contribution is 2.34. The van der Waals surface area contributed by atoms with E-state index in [0.717, 1.165) is 17.4 Å². The van der Waals surface area contributed by atoms with Gasteiger partial charge in [0.25, 0.3) is 0 Å². The van der Waals surface area contributed by atoms with Gasteiger partial charge in [-0.25, -0.2) is 0 Å². The topological polar surface area (TPSA) is 18.5 Å². The molecule has 1 saturated carbocycles. The molecule has 0 heterocycles. The Morgan fingerprint density at radius 1 is 0.714 bits per heavy atom. The van der Waals surface area contributed by atoms with E-state index in [9.17, 15) is 0 Å². The molecule has 0 aliphatic heterocycles. The van der Waals surface area contributed by atoms with E-state index >= 15 is 0 Å². The van der Waals surface area contributed by atoms with Crippen molar-refractivity contribution >= 4 is 0 Å². The lowest BCUT2D eigenvalue weighted by molar-refractivity contribution is 0.217. The Labute approximate surface area is 126 Å². The minimum atomic E-state index is 0.564. The molecule has 2 nitrogen and oxygen atoms in total. The van der Waals surface area contributed by atoms with Gasteiger partial charge >= 0.3 is 0 Å². The van der Waals surface area contributed by atoms with Crippen LogP contribution in [0.1, 0.15) is 37.2 Å². The van der Waals surface area contributed by atoms with Crippen LogP contribution in [0.5, 0.6) is 11.5 Å². The molecule has 2 aromatic rings. The molecule has 2 heteroatoms. The Hall–Kier alpha value is -1.96. The molecule has 0 spiro atoms. The van der Waals surface area contributed by atoms with Gasteiger partial charge in [0, 0.05) is 0 Å². The second kappa shape index (κ2) is 7.16. The molecule has 0 atom stereocenters. The van der Waals surface area contributed by atoms with Crippen LogP contribution in [-0.4, -0.2) is 13.2 Å². The molecule has 0 bridgehead atoms. The van der Waals surface area contributed by atoms with Crippen molar-refractivity contribution in [1.82, 2.24) is 0 Å². The van der Waals surface area contributed by atoms with Gasteiger partial charge in [0.15, 0.2) is 0 Å². The van der Waals surface area contributed by atoms with Gasteiger partial charge in [-0.3, -0.25) is 0 Å². The lowest BCUT2D eigenvalue weighted by Crippen LogP contribution is -2.08. The van der Waals surface area contributed by atoms with Gasteiger partial charge in [-0.15, -0.1) is 0 Å². The summed E-state index contributed by atoms with van der Waals surface area (Å²) in [4.78, 5) is 0. The average molecular weight is 282 g/mol. The SMILES string of the molecule is c1ccc(OCCOc2ccc(C3CCCC3)cc2)cc1. The summed E-state index contributed by atoms with van der Waals surface area (Å²) in [5.41, 5.74) is 1.46. The first-order valence-electron chi connectivity index (χ1n) is 7.82. The van der Waals surface area contributed by atoms with Gasteiger partial charge in [0.1, 0.15) is 24.7 Å². The maximum atomic E-state index is 5.72. The Bertz CT molecular complexity index is 527. The Balaban J connectivity index is 1.43. The van der Waals surface area contributed by atoms with Gasteiger partial charge in [-0.1, -0.05) is 43.2 Å². The van der Waals surface area contributed by atoms with Crippen LogP contribution in [-0.2, 0) is 0 Å². The molecule has 21 heavy (non-hydrogen) atoms. The average Bonchev–Trinajstić information content (AvgIpc) is 3.08. The molecule has 0 unspecified atom stereocenters.